The molecule has 0 fully saturated rings. The molecule has 3 N–H and O–H groups in total. The van der Waals surface area contributed by atoms with Gasteiger partial charge in [0.05, 0.1) is 12.8 Å². The van der Waals surface area contributed by atoms with Crippen molar-refractivity contribution in [3.8, 4) is 5.75 Å². The van der Waals surface area contributed by atoms with Crippen molar-refractivity contribution in [3.63, 3.8) is 0 Å². The van der Waals surface area contributed by atoms with Gasteiger partial charge < -0.3 is 10.5 Å². The van der Waals surface area contributed by atoms with E-state index in [0.29, 0.717) is 5.69 Å². The number of alkyl halides is 2. The molecule has 0 atom stereocenters. The summed E-state index contributed by atoms with van der Waals surface area (Å²) in [5.74, 6) is -3.43. The molecule has 0 saturated carbocycles. The van der Waals surface area contributed by atoms with Crippen molar-refractivity contribution in [1.29, 1.82) is 0 Å². The highest BCUT2D eigenvalue weighted by Crippen LogP contribution is 2.28. The van der Waals surface area contributed by atoms with Gasteiger partial charge in [0.1, 0.15) is 5.75 Å². The van der Waals surface area contributed by atoms with Gasteiger partial charge in [-0.15, -0.1) is 0 Å². The fourth-order valence-corrected chi connectivity index (χ4v) is 1.55. The third kappa shape index (κ3) is 2.72. The largest absolute Gasteiger partial charge is 0.494 e. The Kier molecular flexibility index (Phi) is 3.53. The second-order valence-electron chi connectivity index (χ2n) is 2.87. The van der Waals surface area contributed by atoms with Gasteiger partial charge in [0.15, 0.2) is 0 Å². The van der Waals surface area contributed by atoms with Crippen LogP contribution in [0, 0.1) is 0 Å². The van der Waals surface area contributed by atoms with Crippen LogP contribution in [0.5, 0.6) is 5.75 Å². The molecule has 1 aromatic carbocycles. The fourth-order valence-electron chi connectivity index (χ4n) is 0.990. The maximum Gasteiger partial charge on any atom is 0.355 e. The highest BCUT2D eigenvalue weighted by Gasteiger charge is 2.24. The summed E-state index contributed by atoms with van der Waals surface area (Å²) in [6.45, 7) is 0. The zero-order valence-corrected chi connectivity index (χ0v) is 9.09. The van der Waals surface area contributed by atoms with Gasteiger partial charge in [-0.3, -0.25) is 4.72 Å². The highest BCUT2D eigenvalue weighted by atomic mass is 32.2. The Morgan fingerprint density at radius 3 is 2.56 bits per heavy atom. The van der Waals surface area contributed by atoms with Crippen LogP contribution in [0.1, 0.15) is 0 Å². The second kappa shape index (κ2) is 4.52. The first-order valence-corrected chi connectivity index (χ1v) is 5.64. The van der Waals surface area contributed by atoms with E-state index in [1.54, 1.807) is 4.72 Å². The highest BCUT2D eigenvalue weighted by molar-refractivity contribution is 7.93. The standard InChI is InChI=1S/C8H10F2N2O3S/c1-15-7-4-5(11)2-3-6(7)12-16(13,14)8(9)10/h2-4,8,12H,11H2,1H3. The summed E-state index contributed by atoms with van der Waals surface area (Å²) in [6, 6.07) is 3.93. The number of hydrogen-bond donors (Lipinski definition) is 2. The van der Waals surface area contributed by atoms with Crippen LogP contribution < -0.4 is 15.2 Å². The van der Waals surface area contributed by atoms with Gasteiger partial charge in [-0.1, -0.05) is 0 Å². The van der Waals surface area contributed by atoms with Gasteiger partial charge in [0.25, 0.3) is 10.0 Å². The Balaban J connectivity index is 3.07. The number of sulfonamides is 1. The predicted molar refractivity (Wildman–Crippen MR) is 56.0 cm³/mol. The molecule has 1 rings (SSSR count). The summed E-state index contributed by atoms with van der Waals surface area (Å²) in [5, 5.41) is 0. The van der Waals surface area contributed by atoms with Crippen LogP contribution in [-0.4, -0.2) is 21.3 Å². The topological polar surface area (TPSA) is 81.4 Å². The monoisotopic (exact) mass is 252 g/mol. The first-order chi connectivity index (χ1) is 7.36. The lowest BCUT2D eigenvalue weighted by Gasteiger charge is -2.11. The molecular formula is C8H10F2N2O3S. The van der Waals surface area contributed by atoms with E-state index >= 15 is 0 Å². The third-order valence-corrected chi connectivity index (χ3v) is 2.69. The van der Waals surface area contributed by atoms with E-state index in [-0.39, 0.29) is 11.4 Å². The SMILES string of the molecule is COc1cc(N)ccc1NS(=O)(=O)C(F)F. The van der Waals surface area contributed by atoms with Crippen LogP contribution in [0.25, 0.3) is 0 Å². The lowest BCUT2D eigenvalue weighted by Crippen LogP contribution is -2.20. The molecule has 90 valence electrons. The van der Waals surface area contributed by atoms with Crippen LogP contribution in [0.3, 0.4) is 0 Å². The number of rotatable bonds is 4. The Hall–Kier alpha value is -1.57. The molecule has 16 heavy (non-hydrogen) atoms. The van der Waals surface area contributed by atoms with E-state index in [1.807, 2.05) is 0 Å². The Bertz CT molecular complexity index is 476. The third-order valence-electron chi connectivity index (χ3n) is 1.71. The fraction of sp³-hybridized carbons (Fsp3) is 0.250. The van der Waals surface area contributed by atoms with Crippen molar-refractivity contribution < 1.29 is 21.9 Å². The molecule has 0 amide bonds. The Morgan fingerprint density at radius 1 is 1.44 bits per heavy atom. The molecule has 0 unspecified atom stereocenters. The maximum absolute atomic E-state index is 12.1. The minimum absolute atomic E-state index is 0.0734. The van der Waals surface area contributed by atoms with Gasteiger partial charge in [-0.2, -0.15) is 8.78 Å². The van der Waals surface area contributed by atoms with Crippen LogP contribution in [0.15, 0.2) is 18.2 Å². The average Bonchev–Trinajstić information content (AvgIpc) is 2.20. The molecule has 0 aliphatic carbocycles. The minimum Gasteiger partial charge on any atom is -0.494 e. The van der Waals surface area contributed by atoms with Crippen molar-refractivity contribution in [3.05, 3.63) is 18.2 Å². The van der Waals surface area contributed by atoms with Crippen molar-refractivity contribution in [2.45, 2.75) is 5.76 Å². The molecule has 0 saturated heterocycles. The molecule has 0 aromatic heterocycles. The number of ether oxygens (including phenoxy) is 1. The molecule has 5 nitrogen and oxygen atoms in total. The summed E-state index contributed by atoms with van der Waals surface area (Å²) in [4.78, 5) is 0. The number of halogens is 2. The first-order valence-electron chi connectivity index (χ1n) is 4.10. The maximum atomic E-state index is 12.1. The molecule has 0 heterocycles. The van der Waals surface area contributed by atoms with E-state index in [2.05, 4.69) is 0 Å². The van der Waals surface area contributed by atoms with Gasteiger partial charge in [0.2, 0.25) is 0 Å². The number of hydrogen-bond acceptors (Lipinski definition) is 4. The van der Waals surface area contributed by atoms with Crippen molar-refractivity contribution in [2.24, 2.45) is 0 Å². The van der Waals surface area contributed by atoms with Crippen LogP contribution in [0.4, 0.5) is 20.2 Å². The number of benzene rings is 1. The zero-order valence-electron chi connectivity index (χ0n) is 8.28. The molecular weight excluding hydrogens is 242 g/mol. The zero-order chi connectivity index (χ0) is 12.3. The molecule has 0 radical (unpaired) electrons. The summed E-state index contributed by atoms with van der Waals surface area (Å²) in [6.07, 6.45) is 0. The van der Waals surface area contributed by atoms with E-state index < -0.39 is 15.8 Å². The summed E-state index contributed by atoms with van der Waals surface area (Å²) < 4.78 is 52.5. The number of nitrogen functional groups attached to an aromatic ring is 1. The lowest BCUT2D eigenvalue weighted by atomic mass is 10.2. The molecule has 0 aliphatic rings. The van der Waals surface area contributed by atoms with E-state index in [0.717, 1.165) is 0 Å². The van der Waals surface area contributed by atoms with Gasteiger partial charge >= 0.3 is 5.76 Å². The van der Waals surface area contributed by atoms with Gasteiger partial charge in [-0.25, -0.2) is 8.42 Å². The van der Waals surface area contributed by atoms with Crippen LogP contribution in [0.2, 0.25) is 0 Å². The quantitative estimate of drug-likeness (QED) is 0.790. The van der Waals surface area contributed by atoms with E-state index in [1.165, 1.54) is 25.3 Å². The predicted octanol–water partition coefficient (Wildman–Crippen LogP) is 1.24. The van der Waals surface area contributed by atoms with Crippen molar-refractivity contribution in [1.82, 2.24) is 0 Å². The van der Waals surface area contributed by atoms with Crippen molar-refractivity contribution in [2.75, 3.05) is 17.6 Å². The number of nitrogens with one attached hydrogen (secondary N) is 1. The smallest absolute Gasteiger partial charge is 0.355 e. The molecule has 0 bridgehead atoms. The summed E-state index contributed by atoms with van der Waals surface area (Å²) >= 11 is 0. The molecule has 0 spiro atoms. The Morgan fingerprint density at radius 2 is 2.06 bits per heavy atom. The summed E-state index contributed by atoms with van der Waals surface area (Å²) in [7, 11) is -3.43. The summed E-state index contributed by atoms with van der Waals surface area (Å²) in [5.41, 5.74) is 5.67. The number of methoxy groups -OCH3 is 1. The van der Waals surface area contributed by atoms with E-state index in [9.17, 15) is 17.2 Å². The lowest BCUT2D eigenvalue weighted by molar-refractivity contribution is 0.236. The first kappa shape index (κ1) is 12.5. The normalized spacial score (nSPS) is 11.5. The van der Waals surface area contributed by atoms with Crippen LogP contribution >= 0.6 is 0 Å². The molecule has 1 aromatic rings. The average molecular weight is 252 g/mol. The van der Waals surface area contributed by atoms with Gasteiger partial charge in [-0.05, 0) is 12.1 Å². The van der Waals surface area contributed by atoms with E-state index in [4.69, 9.17) is 10.5 Å². The molecule has 0 aliphatic heterocycles. The minimum atomic E-state index is -4.70. The molecule has 8 heteroatoms. The van der Waals surface area contributed by atoms with Gasteiger partial charge in [0, 0.05) is 11.8 Å². The second-order valence-corrected chi connectivity index (χ2v) is 4.52. The number of nitrogens with two attached hydrogens (primary N) is 1. The van der Waals surface area contributed by atoms with Crippen molar-refractivity contribution >= 4 is 21.4 Å². The Labute approximate surface area is 91.3 Å². The number of anilines is 2. The van der Waals surface area contributed by atoms with Crippen LogP contribution in [-0.2, 0) is 10.0 Å².